The van der Waals surface area contributed by atoms with Crippen LogP contribution in [0.5, 0.6) is 0 Å². The van der Waals surface area contributed by atoms with Crippen LogP contribution in [0.3, 0.4) is 0 Å². The third-order valence-electron chi connectivity index (χ3n) is 6.89. The molecule has 2 amide bonds. The lowest BCUT2D eigenvalue weighted by Crippen LogP contribution is -2.52. The Bertz CT molecular complexity index is 963. The van der Waals surface area contributed by atoms with E-state index in [9.17, 15) is 9.59 Å². The van der Waals surface area contributed by atoms with Crippen LogP contribution in [0.15, 0.2) is 48.5 Å². The maximum Gasteiger partial charge on any atom is 0.245 e. The number of amides is 2. The molecule has 33 heavy (non-hydrogen) atoms. The van der Waals surface area contributed by atoms with Crippen LogP contribution in [0.1, 0.15) is 56.2 Å². The summed E-state index contributed by atoms with van der Waals surface area (Å²) in [6, 6.07) is 16.3. The van der Waals surface area contributed by atoms with Gasteiger partial charge in [-0.25, -0.2) is 0 Å². The Morgan fingerprint density at radius 1 is 0.970 bits per heavy atom. The molecule has 2 heterocycles. The van der Waals surface area contributed by atoms with Gasteiger partial charge in [0.25, 0.3) is 0 Å². The highest BCUT2D eigenvalue weighted by Gasteiger charge is 2.36. The summed E-state index contributed by atoms with van der Waals surface area (Å²) in [4.78, 5) is 32.6. The first kappa shape index (κ1) is 23.3. The van der Waals surface area contributed by atoms with Crippen molar-refractivity contribution in [1.29, 1.82) is 0 Å². The van der Waals surface area contributed by atoms with Crippen LogP contribution in [0.2, 0.25) is 0 Å². The first-order valence-corrected chi connectivity index (χ1v) is 12.4. The predicted molar refractivity (Wildman–Crippen MR) is 133 cm³/mol. The zero-order chi connectivity index (χ0) is 23.4. The monoisotopic (exact) mass is 447 g/mol. The molecule has 1 atom stereocenters. The van der Waals surface area contributed by atoms with E-state index in [2.05, 4.69) is 41.3 Å². The summed E-state index contributed by atoms with van der Waals surface area (Å²) in [6.07, 6.45) is 4.89. The summed E-state index contributed by atoms with van der Waals surface area (Å²) in [5.74, 6) is 0.348. The van der Waals surface area contributed by atoms with Gasteiger partial charge in [0.2, 0.25) is 11.8 Å². The van der Waals surface area contributed by atoms with Gasteiger partial charge in [-0.2, -0.15) is 0 Å². The molecule has 5 heteroatoms. The van der Waals surface area contributed by atoms with Crippen LogP contribution in [0, 0.1) is 5.92 Å². The maximum absolute atomic E-state index is 13.6. The average molecular weight is 448 g/mol. The zero-order valence-corrected chi connectivity index (χ0v) is 20.3. The molecule has 5 nitrogen and oxygen atoms in total. The fourth-order valence-corrected chi connectivity index (χ4v) is 5.04. The molecular weight excluding hydrogens is 410 g/mol. The van der Waals surface area contributed by atoms with Crippen molar-refractivity contribution >= 4 is 17.5 Å². The van der Waals surface area contributed by atoms with E-state index < -0.39 is 6.04 Å². The number of likely N-dealkylation sites (N-methyl/N-ethyl adjacent to an activating group) is 1. The van der Waals surface area contributed by atoms with E-state index in [1.807, 2.05) is 33.0 Å². The van der Waals surface area contributed by atoms with Gasteiger partial charge in [0.05, 0.1) is 0 Å². The van der Waals surface area contributed by atoms with Crippen molar-refractivity contribution in [2.24, 2.45) is 5.92 Å². The fraction of sp³-hybridized carbons (Fsp3) is 0.500. The summed E-state index contributed by atoms with van der Waals surface area (Å²) >= 11 is 0. The topological polar surface area (TPSA) is 43.9 Å². The largest absolute Gasteiger partial charge is 0.372 e. The van der Waals surface area contributed by atoms with Gasteiger partial charge < -0.3 is 14.7 Å². The lowest BCUT2D eigenvalue weighted by molar-refractivity contribution is -0.147. The van der Waals surface area contributed by atoms with Gasteiger partial charge in [0.1, 0.15) is 6.04 Å². The Balaban J connectivity index is 1.46. The number of hydrogen-bond acceptors (Lipinski definition) is 3. The normalized spacial score (nSPS) is 18.2. The number of rotatable bonds is 6. The number of carbonyl (C=O) groups is 2. The molecular formula is C28H37N3O2. The average Bonchev–Trinajstić information content (AvgIpc) is 2.83. The first-order chi connectivity index (χ1) is 15.9. The first-order valence-electron chi connectivity index (χ1n) is 12.4. The molecule has 0 spiro atoms. The van der Waals surface area contributed by atoms with E-state index in [1.165, 1.54) is 30.5 Å². The maximum atomic E-state index is 13.6. The summed E-state index contributed by atoms with van der Waals surface area (Å²) in [6.45, 7) is 7.40. The van der Waals surface area contributed by atoms with Crippen LogP contribution in [-0.4, -0.2) is 47.8 Å². The molecule has 0 bridgehead atoms. The van der Waals surface area contributed by atoms with Crippen molar-refractivity contribution < 1.29 is 9.59 Å². The molecule has 0 saturated carbocycles. The highest BCUT2D eigenvalue weighted by molar-refractivity contribution is 5.88. The number of nitrogens with zero attached hydrogens (tertiary/aromatic N) is 3. The smallest absolute Gasteiger partial charge is 0.245 e. The lowest BCUT2D eigenvalue weighted by atomic mass is 9.92. The summed E-state index contributed by atoms with van der Waals surface area (Å²) in [5.41, 5.74) is 4.70. The highest BCUT2D eigenvalue weighted by Crippen LogP contribution is 2.26. The third-order valence-corrected chi connectivity index (χ3v) is 6.89. The summed E-state index contributed by atoms with van der Waals surface area (Å²) in [7, 11) is 1.85. The van der Waals surface area contributed by atoms with E-state index in [4.69, 9.17) is 0 Å². The molecule has 0 N–H and O–H groups in total. The van der Waals surface area contributed by atoms with Gasteiger partial charge in [-0.3, -0.25) is 9.59 Å². The number of benzene rings is 2. The molecule has 2 aromatic rings. The fourth-order valence-electron chi connectivity index (χ4n) is 5.04. The molecule has 4 rings (SSSR count). The van der Waals surface area contributed by atoms with E-state index in [0.29, 0.717) is 25.9 Å². The second-order valence-electron chi connectivity index (χ2n) is 10.0. The van der Waals surface area contributed by atoms with Crippen molar-refractivity contribution in [3.63, 3.8) is 0 Å². The van der Waals surface area contributed by atoms with Gasteiger partial charge >= 0.3 is 0 Å². The number of piperidine rings is 1. The van der Waals surface area contributed by atoms with Crippen LogP contribution in [0.25, 0.3) is 0 Å². The minimum absolute atomic E-state index is 0.0155. The van der Waals surface area contributed by atoms with Gasteiger partial charge in [0.15, 0.2) is 0 Å². The van der Waals surface area contributed by atoms with Crippen LogP contribution in [-0.2, 0) is 29.1 Å². The van der Waals surface area contributed by atoms with Gasteiger partial charge in [-0.15, -0.1) is 0 Å². The van der Waals surface area contributed by atoms with Gasteiger partial charge in [-0.05, 0) is 54.0 Å². The van der Waals surface area contributed by atoms with Crippen molar-refractivity contribution in [2.45, 2.75) is 65.1 Å². The Kier molecular flexibility index (Phi) is 7.36. The minimum atomic E-state index is -0.441. The van der Waals surface area contributed by atoms with Gasteiger partial charge in [0, 0.05) is 51.8 Å². The zero-order valence-electron chi connectivity index (χ0n) is 20.3. The Morgan fingerprint density at radius 3 is 2.30 bits per heavy atom. The molecule has 1 saturated heterocycles. The number of hydrogen-bond donors (Lipinski definition) is 0. The van der Waals surface area contributed by atoms with Crippen molar-refractivity contribution in [2.75, 3.05) is 25.0 Å². The molecule has 2 aliphatic heterocycles. The van der Waals surface area contributed by atoms with Crippen LogP contribution in [0.4, 0.5) is 5.69 Å². The van der Waals surface area contributed by atoms with Crippen molar-refractivity contribution in [3.8, 4) is 0 Å². The van der Waals surface area contributed by atoms with Crippen molar-refractivity contribution in [1.82, 2.24) is 9.80 Å². The third kappa shape index (κ3) is 5.58. The second kappa shape index (κ2) is 10.4. The van der Waals surface area contributed by atoms with Crippen LogP contribution < -0.4 is 4.90 Å². The number of carbonyl (C=O) groups excluding carboxylic acids is 2. The van der Waals surface area contributed by atoms with Crippen molar-refractivity contribution in [3.05, 3.63) is 65.2 Å². The number of anilines is 1. The lowest BCUT2D eigenvalue weighted by Gasteiger charge is -2.38. The minimum Gasteiger partial charge on any atom is -0.372 e. The number of fused-ring (bicyclic) bond motifs is 1. The quantitative estimate of drug-likeness (QED) is 0.648. The molecule has 2 aliphatic rings. The molecule has 0 aromatic heterocycles. The molecule has 0 radical (unpaired) electrons. The predicted octanol–water partition coefficient (Wildman–Crippen LogP) is 4.63. The van der Waals surface area contributed by atoms with Crippen LogP contribution >= 0.6 is 0 Å². The van der Waals surface area contributed by atoms with E-state index in [0.717, 1.165) is 24.2 Å². The highest BCUT2D eigenvalue weighted by atomic mass is 16.2. The molecule has 0 aliphatic carbocycles. The summed E-state index contributed by atoms with van der Waals surface area (Å²) in [5, 5.41) is 0. The molecule has 1 unspecified atom stereocenters. The Hall–Kier alpha value is -2.82. The second-order valence-corrected chi connectivity index (χ2v) is 10.0. The van der Waals surface area contributed by atoms with E-state index in [-0.39, 0.29) is 17.7 Å². The van der Waals surface area contributed by atoms with E-state index in [1.54, 1.807) is 9.80 Å². The summed E-state index contributed by atoms with van der Waals surface area (Å²) < 4.78 is 0. The Labute approximate surface area is 198 Å². The Morgan fingerprint density at radius 2 is 1.64 bits per heavy atom. The molecule has 2 aromatic carbocycles. The van der Waals surface area contributed by atoms with E-state index >= 15 is 0 Å². The standard InChI is InChI=1S/C28H37N3O2/c1-21(2)17-27(32)31-20-24-10-6-5-9-23(24)18-26(31)28(33)29(3)19-22-11-13-25(14-12-22)30-15-7-4-8-16-30/h5-6,9-14,21,26H,4,7-8,15-20H2,1-3H3. The SMILES string of the molecule is CC(C)CC(=O)N1Cc2ccccc2CC1C(=O)N(C)Cc1ccc(N2CCCCC2)cc1. The van der Waals surface area contributed by atoms with Gasteiger partial charge in [-0.1, -0.05) is 50.2 Å². The molecule has 1 fully saturated rings. The molecule has 176 valence electrons.